The van der Waals surface area contributed by atoms with Gasteiger partial charge in [-0.1, -0.05) is 12.1 Å². The molecular formula is C16H13N7. The Morgan fingerprint density at radius 2 is 2.09 bits per heavy atom. The lowest BCUT2D eigenvalue weighted by atomic mass is 10.2. The highest BCUT2D eigenvalue weighted by Crippen LogP contribution is 2.15. The SMILES string of the molecule is N#Cc1cccc(Nc2cnnc(NCc3ccccn3)n2)c1. The molecule has 0 spiro atoms. The topological polar surface area (TPSA) is 99.4 Å². The van der Waals surface area contributed by atoms with Crippen molar-refractivity contribution in [3.8, 4) is 6.07 Å². The number of hydrogen-bond donors (Lipinski definition) is 2. The molecule has 0 radical (unpaired) electrons. The Balaban J connectivity index is 1.68. The first kappa shape index (κ1) is 14.4. The predicted molar refractivity (Wildman–Crippen MR) is 85.8 cm³/mol. The Morgan fingerprint density at radius 1 is 1.13 bits per heavy atom. The van der Waals surface area contributed by atoms with Gasteiger partial charge in [-0.05, 0) is 30.3 Å². The van der Waals surface area contributed by atoms with E-state index in [4.69, 9.17) is 5.26 Å². The lowest BCUT2D eigenvalue weighted by Gasteiger charge is -2.07. The van der Waals surface area contributed by atoms with Crippen molar-refractivity contribution >= 4 is 17.5 Å². The summed E-state index contributed by atoms with van der Waals surface area (Å²) < 4.78 is 0. The number of rotatable bonds is 5. The average Bonchev–Trinajstić information content (AvgIpc) is 2.61. The summed E-state index contributed by atoms with van der Waals surface area (Å²) in [6.07, 6.45) is 3.25. The molecule has 0 aliphatic carbocycles. The van der Waals surface area contributed by atoms with Crippen LogP contribution in [0, 0.1) is 11.3 Å². The molecule has 23 heavy (non-hydrogen) atoms. The van der Waals surface area contributed by atoms with Crippen LogP contribution < -0.4 is 10.6 Å². The van der Waals surface area contributed by atoms with E-state index >= 15 is 0 Å². The van der Waals surface area contributed by atoms with Crippen molar-refractivity contribution in [3.05, 3.63) is 66.1 Å². The zero-order valence-corrected chi connectivity index (χ0v) is 12.1. The summed E-state index contributed by atoms with van der Waals surface area (Å²) in [4.78, 5) is 8.55. The van der Waals surface area contributed by atoms with Crippen LogP contribution in [-0.2, 0) is 6.54 Å². The van der Waals surface area contributed by atoms with Gasteiger partial charge < -0.3 is 10.6 Å². The first-order chi connectivity index (χ1) is 11.3. The van der Waals surface area contributed by atoms with Crippen molar-refractivity contribution in [1.29, 1.82) is 5.26 Å². The molecule has 2 N–H and O–H groups in total. The lowest BCUT2D eigenvalue weighted by Crippen LogP contribution is -2.07. The van der Waals surface area contributed by atoms with Crippen LogP contribution in [-0.4, -0.2) is 20.2 Å². The van der Waals surface area contributed by atoms with Crippen LogP contribution >= 0.6 is 0 Å². The number of hydrogen-bond acceptors (Lipinski definition) is 7. The minimum absolute atomic E-state index is 0.400. The van der Waals surface area contributed by atoms with Crippen LogP contribution in [0.5, 0.6) is 0 Å². The van der Waals surface area contributed by atoms with Gasteiger partial charge in [0.15, 0.2) is 5.82 Å². The zero-order chi connectivity index (χ0) is 15.9. The zero-order valence-electron chi connectivity index (χ0n) is 12.1. The van der Waals surface area contributed by atoms with E-state index in [2.05, 4.69) is 36.9 Å². The molecule has 0 atom stereocenters. The minimum Gasteiger partial charge on any atom is -0.347 e. The predicted octanol–water partition coefficient (Wildman–Crippen LogP) is 2.49. The normalized spacial score (nSPS) is 9.87. The summed E-state index contributed by atoms with van der Waals surface area (Å²) in [6.45, 7) is 0.510. The molecule has 0 bridgehead atoms. The third-order valence-electron chi connectivity index (χ3n) is 2.98. The quantitative estimate of drug-likeness (QED) is 0.747. The molecule has 2 heterocycles. The van der Waals surface area contributed by atoms with E-state index in [1.165, 1.54) is 6.20 Å². The summed E-state index contributed by atoms with van der Waals surface area (Å²) in [5.41, 5.74) is 2.22. The van der Waals surface area contributed by atoms with Gasteiger partial charge in [0, 0.05) is 11.9 Å². The van der Waals surface area contributed by atoms with Gasteiger partial charge in [-0.2, -0.15) is 15.3 Å². The van der Waals surface area contributed by atoms with Crippen LogP contribution in [0.25, 0.3) is 0 Å². The number of benzene rings is 1. The van der Waals surface area contributed by atoms with Gasteiger partial charge in [0.05, 0.1) is 30.1 Å². The van der Waals surface area contributed by atoms with Crippen molar-refractivity contribution in [3.63, 3.8) is 0 Å². The smallest absolute Gasteiger partial charge is 0.245 e. The van der Waals surface area contributed by atoms with Gasteiger partial charge in [0.2, 0.25) is 5.95 Å². The van der Waals surface area contributed by atoms with E-state index in [0.717, 1.165) is 11.4 Å². The van der Waals surface area contributed by atoms with Crippen molar-refractivity contribution in [2.75, 3.05) is 10.6 Å². The third-order valence-corrected chi connectivity index (χ3v) is 2.98. The largest absolute Gasteiger partial charge is 0.347 e. The standard InChI is InChI=1S/C16H13N7/c17-9-12-4-3-6-13(8-12)21-15-11-20-23-16(22-15)19-10-14-5-1-2-7-18-14/h1-8,11H,10H2,(H2,19,21,22,23). The molecule has 3 rings (SSSR count). The highest BCUT2D eigenvalue weighted by Gasteiger charge is 2.02. The Labute approximate surface area is 133 Å². The van der Waals surface area contributed by atoms with Gasteiger partial charge in [-0.15, -0.1) is 5.10 Å². The van der Waals surface area contributed by atoms with E-state index in [0.29, 0.717) is 23.9 Å². The van der Waals surface area contributed by atoms with Crippen LogP contribution in [0.4, 0.5) is 17.5 Å². The second-order valence-corrected chi connectivity index (χ2v) is 4.66. The van der Waals surface area contributed by atoms with Crippen molar-refractivity contribution < 1.29 is 0 Å². The van der Waals surface area contributed by atoms with Gasteiger partial charge in [-0.3, -0.25) is 4.98 Å². The fourth-order valence-electron chi connectivity index (χ4n) is 1.93. The monoisotopic (exact) mass is 303 g/mol. The molecule has 0 unspecified atom stereocenters. The van der Waals surface area contributed by atoms with Crippen molar-refractivity contribution in [2.24, 2.45) is 0 Å². The molecule has 3 aromatic rings. The Morgan fingerprint density at radius 3 is 2.91 bits per heavy atom. The molecule has 0 aliphatic heterocycles. The molecule has 7 heteroatoms. The summed E-state index contributed by atoms with van der Waals surface area (Å²) >= 11 is 0. The first-order valence-corrected chi connectivity index (χ1v) is 6.94. The maximum atomic E-state index is 8.92. The van der Waals surface area contributed by atoms with Crippen LogP contribution in [0.15, 0.2) is 54.9 Å². The Kier molecular flexibility index (Phi) is 4.36. The summed E-state index contributed by atoms with van der Waals surface area (Å²) in [7, 11) is 0. The molecule has 112 valence electrons. The third kappa shape index (κ3) is 3.98. The molecule has 2 aromatic heterocycles. The number of nitrogens with one attached hydrogen (secondary N) is 2. The fraction of sp³-hybridized carbons (Fsp3) is 0.0625. The summed E-state index contributed by atoms with van der Waals surface area (Å²) in [5.74, 6) is 0.940. The van der Waals surface area contributed by atoms with Gasteiger partial charge in [0.1, 0.15) is 0 Å². The number of pyridine rings is 1. The molecule has 1 aromatic carbocycles. The van der Waals surface area contributed by atoms with E-state index < -0.39 is 0 Å². The van der Waals surface area contributed by atoms with Gasteiger partial charge in [0.25, 0.3) is 0 Å². The van der Waals surface area contributed by atoms with Crippen molar-refractivity contribution in [2.45, 2.75) is 6.54 Å². The molecule has 0 aliphatic rings. The molecule has 7 nitrogen and oxygen atoms in total. The molecule has 0 saturated carbocycles. The summed E-state index contributed by atoms with van der Waals surface area (Å²) in [5, 5.41) is 22.9. The fourth-order valence-corrected chi connectivity index (χ4v) is 1.93. The number of nitriles is 1. The second kappa shape index (κ2) is 6.95. The summed E-state index contributed by atoms with van der Waals surface area (Å²) in [6, 6.07) is 14.9. The molecule has 0 amide bonds. The highest BCUT2D eigenvalue weighted by atomic mass is 15.3. The number of aromatic nitrogens is 4. The Bertz CT molecular complexity index is 827. The minimum atomic E-state index is 0.400. The van der Waals surface area contributed by atoms with Crippen LogP contribution in [0.2, 0.25) is 0 Å². The second-order valence-electron chi connectivity index (χ2n) is 4.66. The average molecular weight is 303 g/mol. The first-order valence-electron chi connectivity index (χ1n) is 6.94. The van der Waals surface area contributed by atoms with E-state index in [1.807, 2.05) is 24.3 Å². The van der Waals surface area contributed by atoms with Gasteiger partial charge >= 0.3 is 0 Å². The molecule has 0 saturated heterocycles. The lowest BCUT2D eigenvalue weighted by molar-refractivity contribution is 0.934. The van der Waals surface area contributed by atoms with Crippen LogP contribution in [0.1, 0.15) is 11.3 Å². The maximum Gasteiger partial charge on any atom is 0.245 e. The maximum absolute atomic E-state index is 8.92. The highest BCUT2D eigenvalue weighted by molar-refractivity contribution is 5.58. The Hall–Kier alpha value is -3.53. The van der Waals surface area contributed by atoms with Crippen LogP contribution in [0.3, 0.4) is 0 Å². The molecule has 0 fully saturated rings. The van der Waals surface area contributed by atoms with Crippen molar-refractivity contribution in [1.82, 2.24) is 20.2 Å². The van der Waals surface area contributed by atoms with E-state index in [1.54, 1.807) is 24.4 Å². The van der Waals surface area contributed by atoms with Gasteiger partial charge in [-0.25, -0.2) is 0 Å². The number of anilines is 3. The molecular weight excluding hydrogens is 290 g/mol. The van der Waals surface area contributed by atoms with E-state index in [9.17, 15) is 0 Å². The number of nitrogens with zero attached hydrogens (tertiary/aromatic N) is 5. The van der Waals surface area contributed by atoms with E-state index in [-0.39, 0.29) is 0 Å².